The number of carboxylic acid groups (broad SMARTS) is 2. The summed E-state index contributed by atoms with van der Waals surface area (Å²) in [6.45, 7) is 2.22. The minimum atomic E-state index is -2.30. The molecule has 0 aliphatic carbocycles. The highest BCUT2D eigenvalue weighted by molar-refractivity contribution is 5.98. The first kappa shape index (κ1) is 53.5. The third-order valence-corrected chi connectivity index (χ3v) is 11.1. The van der Waals surface area contributed by atoms with Gasteiger partial charge >= 0.3 is 17.9 Å². The van der Waals surface area contributed by atoms with Crippen molar-refractivity contribution in [2.24, 2.45) is 0 Å². The van der Waals surface area contributed by atoms with Gasteiger partial charge in [0.2, 0.25) is 0 Å². The van der Waals surface area contributed by atoms with E-state index in [0.717, 1.165) is 58.4 Å². The van der Waals surface area contributed by atoms with Crippen molar-refractivity contribution < 1.29 is 58.8 Å². The van der Waals surface area contributed by atoms with Gasteiger partial charge in [-0.1, -0.05) is 114 Å². The Morgan fingerprint density at radius 2 is 0.704 bits per heavy atom. The minimum Gasteiger partial charge on any atom is -0.478 e. The number of rotatable bonds is 18. The van der Waals surface area contributed by atoms with Crippen molar-refractivity contribution in [2.45, 2.75) is 53.4 Å². The van der Waals surface area contributed by atoms with Crippen molar-refractivity contribution >= 4 is 47.4 Å². The molecule has 8 rings (SSSR count). The van der Waals surface area contributed by atoms with E-state index in [0.29, 0.717) is 6.54 Å². The number of carbonyl (C=O) groups is 8. The van der Waals surface area contributed by atoms with E-state index in [4.69, 9.17) is 15.7 Å². The van der Waals surface area contributed by atoms with E-state index >= 15 is 0 Å². The second kappa shape index (κ2) is 29.6. The fraction of sp³-hybridized carbons (Fsp3) is 0.153. The fourth-order valence-corrected chi connectivity index (χ4v) is 6.98. The summed E-state index contributed by atoms with van der Waals surface area (Å²) in [7, 11) is 1.24. The number of methoxy groups -OCH3 is 1. The predicted octanol–water partition coefficient (Wildman–Crippen LogP) is 6.19. The van der Waals surface area contributed by atoms with E-state index in [-0.39, 0.29) is 69.5 Å². The van der Waals surface area contributed by atoms with Gasteiger partial charge in [0, 0.05) is 50.8 Å². The number of nitrogens with one attached hydrogen (secondary N) is 5. The van der Waals surface area contributed by atoms with Crippen molar-refractivity contribution in [2.75, 3.05) is 7.11 Å². The smallest absolute Gasteiger partial charge is 0.354 e. The van der Waals surface area contributed by atoms with Crippen LogP contribution in [-0.2, 0) is 37.4 Å². The van der Waals surface area contributed by atoms with Gasteiger partial charge in [-0.3, -0.25) is 24.0 Å². The van der Waals surface area contributed by atoms with Gasteiger partial charge in [0.05, 0.1) is 23.7 Å². The Labute approximate surface area is 470 Å². The molecule has 0 bridgehead atoms. The van der Waals surface area contributed by atoms with E-state index in [1.54, 1.807) is 0 Å². The van der Waals surface area contributed by atoms with Crippen molar-refractivity contribution in [1.82, 2.24) is 56.5 Å². The molecule has 5 amide bonds. The van der Waals surface area contributed by atoms with Crippen LogP contribution in [0.3, 0.4) is 0 Å². The summed E-state index contributed by atoms with van der Waals surface area (Å²) in [4.78, 5) is 118. The zero-order chi connectivity index (χ0) is 61.8. The number of benzene rings is 5. The van der Waals surface area contributed by atoms with Gasteiger partial charge in [-0.05, 0) is 72.9 Å². The van der Waals surface area contributed by atoms with E-state index in [1.807, 2.05) is 93.6 Å². The van der Waals surface area contributed by atoms with Crippen LogP contribution in [0.1, 0.15) is 134 Å². The van der Waals surface area contributed by atoms with Crippen LogP contribution in [0.2, 0.25) is 0 Å². The molecule has 0 aliphatic rings. The molecule has 22 nitrogen and oxygen atoms in total. The largest absolute Gasteiger partial charge is 0.478 e. The molecule has 5 aromatic carbocycles. The average Bonchev–Trinajstić information content (AvgIpc) is 3.50. The molecule has 7 N–H and O–H groups in total. The third-order valence-electron chi connectivity index (χ3n) is 11.1. The Morgan fingerprint density at radius 1 is 0.395 bits per heavy atom. The van der Waals surface area contributed by atoms with Gasteiger partial charge in [0.25, 0.3) is 29.5 Å². The lowest BCUT2D eigenvalue weighted by Crippen LogP contribution is -2.27. The highest BCUT2D eigenvalue weighted by Crippen LogP contribution is 2.11. The highest BCUT2D eigenvalue weighted by atomic mass is 16.5. The molecule has 0 fully saturated rings. The van der Waals surface area contributed by atoms with Gasteiger partial charge in [0.1, 0.15) is 47.5 Å². The molecule has 0 saturated carbocycles. The summed E-state index contributed by atoms with van der Waals surface area (Å²) in [5.74, 6) is -6.00. The van der Waals surface area contributed by atoms with Gasteiger partial charge in [0.15, 0.2) is 5.69 Å². The Balaban J connectivity index is 0.000000211. The first-order valence-electron chi connectivity index (χ1n) is 26.3. The molecule has 81 heavy (non-hydrogen) atoms. The number of hydrogen-bond acceptors (Lipinski definition) is 15. The molecule has 3 aromatic heterocycles. The number of aromatic nitrogens is 6. The van der Waals surface area contributed by atoms with Crippen LogP contribution in [0.5, 0.6) is 0 Å². The molecule has 0 saturated heterocycles. The van der Waals surface area contributed by atoms with Crippen LogP contribution in [0.25, 0.3) is 0 Å². The van der Waals surface area contributed by atoms with Crippen molar-refractivity contribution in [3.05, 3.63) is 248 Å². The number of carboxylic acids is 2. The highest BCUT2D eigenvalue weighted by Gasteiger charge is 2.16. The number of nitrogens with zero attached hydrogens (tertiary/aromatic N) is 6. The number of carbonyl (C=O) groups excluding carboxylic acids is 6. The lowest BCUT2D eigenvalue weighted by molar-refractivity contribution is 0.0598. The predicted molar refractivity (Wildman–Crippen MR) is 294 cm³/mol. The number of hydrogen-bond donors (Lipinski definition) is 7. The number of ether oxygens (including phenoxy) is 1. The maximum absolute atomic E-state index is 12.6. The van der Waals surface area contributed by atoms with Gasteiger partial charge < -0.3 is 41.5 Å². The molecule has 8 aromatic rings. The monoisotopic (exact) mass is 1100 g/mol. The van der Waals surface area contributed by atoms with Gasteiger partial charge in [-0.15, -0.1) is 0 Å². The molecule has 0 aliphatic heterocycles. The summed E-state index contributed by atoms with van der Waals surface area (Å²) in [6, 6.07) is 37.1. The van der Waals surface area contributed by atoms with E-state index in [9.17, 15) is 38.4 Å². The summed E-state index contributed by atoms with van der Waals surface area (Å²) in [5.41, 5.74) is 5.85. The van der Waals surface area contributed by atoms with Crippen LogP contribution in [-0.4, -0.2) is 94.7 Å². The number of amides is 5. The van der Waals surface area contributed by atoms with Crippen LogP contribution in [0, 0.1) is 20.8 Å². The molecule has 22 heteroatoms. The van der Waals surface area contributed by atoms with E-state index in [1.165, 1.54) is 67.8 Å². The molecular weight excluding hydrogens is 1040 g/mol. The van der Waals surface area contributed by atoms with Crippen LogP contribution in [0.4, 0.5) is 0 Å². The average molecular weight is 1100 g/mol. The SMILES string of the molecule is Cc1cccc(CNC(=O)c2cc(C(=O)O)ncn2)c1.[2H]C([2H])(NC(=O)c1cc(C(=O)NCc2cccc(C)c2)ncn1)c1ccc(C(=O)O)cc1.[2H]C([2H])(NC(=O)c1cc(C(=O)NCc2cccc(C)c2)ncn1)c1ccc(C(=O)OC)cc1. The first-order chi connectivity index (χ1) is 40.4. The van der Waals surface area contributed by atoms with E-state index < -0.39 is 60.4 Å². The molecule has 412 valence electrons. The molecule has 3 heterocycles. The number of esters is 1. The Morgan fingerprint density at radius 3 is 1.01 bits per heavy atom. The zero-order valence-electron chi connectivity index (χ0n) is 47.9. The standard InChI is InChI=1S/C23H22N4O4.C22H20N4O4.C14H13N3O3/c1-15-4-3-5-17(10-15)13-25-22(29)20-11-19(26-14-27-20)21(28)24-12-16-6-8-18(9-7-16)23(30)31-2;1-14-3-2-4-16(9-14)12-24-21(28)19-10-18(25-13-26-19)20(27)23-11-15-5-7-17(8-6-15)22(29)30;1-9-3-2-4-10(5-9)7-15-13(18)11-6-12(14(19)20)17-8-16-11/h3-11,14H,12-13H2,1-2H3,(H,24,28)(H,25,29);2-10,13H,11-12H2,1H3,(H,23,27)(H,24,28)(H,29,30);2-6,8H,7H2,1H3,(H,15,18)(H,19,20)/i12D2;11D2;. The maximum Gasteiger partial charge on any atom is 0.354 e. The van der Waals surface area contributed by atoms with Crippen molar-refractivity contribution in [1.29, 1.82) is 0 Å². The topological polar surface area (TPSA) is 324 Å². The number of aromatic carboxylic acids is 2. The van der Waals surface area contributed by atoms with Crippen molar-refractivity contribution in [3.63, 3.8) is 0 Å². The summed E-state index contributed by atoms with van der Waals surface area (Å²) < 4.78 is 37.2. The minimum absolute atomic E-state index is 0.00649. The molecule has 0 unspecified atom stereocenters. The summed E-state index contributed by atoms with van der Waals surface area (Å²) in [5, 5.41) is 30.3. The Hall–Kier alpha value is -10.9. The van der Waals surface area contributed by atoms with Crippen LogP contribution >= 0.6 is 0 Å². The number of aryl methyl sites for hydroxylation is 3. The van der Waals surface area contributed by atoms with E-state index in [2.05, 4.69) is 61.2 Å². The Kier molecular flexibility index (Phi) is 19.5. The Bertz CT molecular complexity index is 3760. The molecule has 0 spiro atoms. The quantitative estimate of drug-likeness (QED) is 0.0471. The van der Waals surface area contributed by atoms with Crippen LogP contribution < -0.4 is 26.6 Å². The lowest BCUT2D eigenvalue weighted by Gasteiger charge is -2.08. The summed E-state index contributed by atoms with van der Waals surface area (Å²) in [6.07, 6.45) is 3.18. The van der Waals surface area contributed by atoms with Gasteiger partial charge in [-0.25, -0.2) is 44.3 Å². The second-order valence-corrected chi connectivity index (χ2v) is 17.3. The van der Waals surface area contributed by atoms with Crippen LogP contribution in [0.15, 0.2) is 159 Å². The second-order valence-electron chi connectivity index (χ2n) is 17.3. The van der Waals surface area contributed by atoms with Crippen molar-refractivity contribution in [3.8, 4) is 0 Å². The van der Waals surface area contributed by atoms with Gasteiger partial charge in [-0.2, -0.15) is 0 Å². The fourth-order valence-electron chi connectivity index (χ4n) is 6.98. The molecular formula is C59H55N11O11. The molecule has 0 radical (unpaired) electrons. The summed E-state index contributed by atoms with van der Waals surface area (Å²) >= 11 is 0. The first-order valence-corrected chi connectivity index (χ1v) is 24.3. The maximum atomic E-state index is 12.6. The zero-order valence-corrected chi connectivity index (χ0v) is 43.9. The lowest BCUT2D eigenvalue weighted by atomic mass is 10.1. The third kappa shape index (κ3) is 19.0. The normalized spacial score (nSPS) is 11.3. The molecule has 0 atom stereocenters.